The zero-order valence-corrected chi connectivity index (χ0v) is 14.7. The summed E-state index contributed by atoms with van der Waals surface area (Å²) in [6.07, 6.45) is 4.09. The molecule has 0 bridgehead atoms. The number of benzene rings is 1. The van der Waals surface area contributed by atoms with Crippen molar-refractivity contribution >= 4 is 23.6 Å². The van der Waals surface area contributed by atoms with Crippen molar-refractivity contribution in [3.8, 4) is 0 Å². The Morgan fingerprint density at radius 3 is 2.19 bits per heavy atom. The molecule has 0 aliphatic heterocycles. The average Bonchev–Trinajstić information content (AvgIpc) is 2.61. The van der Waals surface area contributed by atoms with Crippen LogP contribution in [0.4, 0.5) is 0 Å². The van der Waals surface area contributed by atoms with Crippen LogP contribution < -0.4 is 5.32 Å². The second-order valence-corrected chi connectivity index (χ2v) is 6.45. The van der Waals surface area contributed by atoms with Crippen LogP contribution in [0.1, 0.15) is 66.2 Å². The van der Waals surface area contributed by atoms with Gasteiger partial charge in [-0.25, -0.2) is 4.79 Å². The predicted octanol–water partition coefficient (Wildman–Crippen LogP) is 2.34. The lowest BCUT2D eigenvalue weighted by Gasteiger charge is -2.22. The van der Waals surface area contributed by atoms with E-state index in [4.69, 9.17) is 4.74 Å². The molecule has 1 amide bonds. The molecule has 1 aromatic rings. The summed E-state index contributed by atoms with van der Waals surface area (Å²) in [6.45, 7) is 1.41. The number of aliphatic carboxylic acids is 1. The quantitative estimate of drug-likeness (QED) is 0.570. The lowest BCUT2D eigenvalue weighted by atomic mass is 9.98. The van der Waals surface area contributed by atoms with Crippen LogP contribution in [0.2, 0.25) is 0 Å². The summed E-state index contributed by atoms with van der Waals surface area (Å²) in [7, 11) is 0. The first-order chi connectivity index (χ1) is 12.4. The topological polar surface area (TPSA) is 110 Å². The number of hydrogen-bond acceptors (Lipinski definition) is 5. The number of carboxylic acid groups (broad SMARTS) is 1. The number of ketones is 1. The van der Waals surface area contributed by atoms with E-state index < -0.39 is 30.3 Å². The van der Waals surface area contributed by atoms with Crippen molar-refractivity contribution in [2.75, 3.05) is 0 Å². The standard InChI is InChI=1S/C19H23NO6/c1-12(21)13-7-9-14(10-8-13)18(23)20-16(19(24)25)11-17(22)26-15-5-3-2-4-6-15/h7-10,15-16H,2-6,11H2,1H3,(H,20,23)(H,24,25)/t16-/m0/s1. The Hall–Kier alpha value is -2.70. The molecule has 7 heteroatoms. The van der Waals surface area contributed by atoms with Crippen molar-refractivity contribution in [2.24, 2.45) is 0 Å². The van der Waals surface area contributed by atoms with Crippen molar-refractivity contribution < 1.29 is 29.0 Å². The third-order valence-electron chi connectivity index (χ3n) is 4.38. The van der Waals surface area contributed by atoms with E-state index in [2.05, 4.69) is 5.32 Å². The number of ether oxygens (including phenoxy) is 1. The van der Waals surface area contributed by atoms with Gasteiger partial charge in [-0.05, 0) is 44.7 Å². The maximum Gasteiger partial charge on any atom is 0.326 e. The number of esters is 1. The molecule has 140 valence electrons. The van der Waals surface area contributed by atoms with Crippen LogP contribution in [-0.2, 0) is 14.3 Å². The second kappa shape index (κ2) is 9.12. The molecule has 1 aliphatic carbocycles. The summed E-state index contributed by atoms with van der Waals surface area (Å²) >= 11 is 0. The number of carbonyl (C=O) groups excluding carboxylic acids is 3. The number of Topliss-reactive ketones (excluding diaryl/α,β-unsaturated/α-hetero) is 1. The molecule has 0 heterocycles. The monoisotopic (exact) mass is 361 g/mol. The van der Waals surface area contributed by atoms with E-state index >= 15 is 0 Å². The first kappa shape index (κ1) is 19.6. The Labute approximate surface area is 151 Å². The summed E-state index contributed by atoms with van der Waals surface area (Å²) in [5.41, 5.74) is 0.661. The number of nitrogens with one attached hydrogen (secondary N) is 1. The van der Waals surface area contributed by atoms with E-state index in [9.17, 15) is 24.3 Å². The van der Waals surface area contributed by atoms with Crippen LogP contribution in [0.15, 0.2) is 24.3 Å². The summed E-state index contributed by atoms with van der Waals surface area (Å²) in [5.74, 6) is -2.69. The van der Waals surface area contributed by atoms with E-state index in [1.165, 1.54) is 31.2 Å². The first-order valence-corrected chi connectivity index (χ1v) is 8.71. The maximum atomic E-state index is 12.2. The van der Waals surface area contributed by atoms with Gasteiger partial charge in [-0.2, -0.15) is 0 Å². The van der Waals surface area contributed by atoms with Gasteiger partial charge in [0.05, 0.1) is 6.42 Å². The molecule has 1 saturated carbocycles. The Balaban J connectivity index is 1.93. The van der Waals surface area contributed by atoms with Gasteiger partial charge < -0.3 is 15.2 Å². The molecule has 1 aliphatic rings. The smallest absolute Gasteiger partial charge is 0.326 e. The van der Waals surface area contributed by atoms with E-state index in [0.717, 1.165) is 32.1 Å². The highest BCUT2D eigenvalue weighted by Crippen LogP contribution is 2.20. The molecule has 0 spiro atoms. The maximum absolute atomic E-state index is 12.2. The molecular weight excluding hydrogens is 338 g/mol. The number of amides is 1. The Bertz CT molecular complexity index is 676. The summed E-state index contributed by atoms with van der Waals surface area (Å²) in [6, 6.07) is 4.48. The molecule has 1 fully saturated rings. The molecule has 0 radical (unpaired) electrons. The molecule has 0 saturated heterocycles. The van der Waals surface area contributed by atoms with Gasteiger partial charge in [0.1, 0.15) is 12.1 Å². The third-order valence-corrected chi connectivity index (χ3v) is 4.38. The van der Waals surface area contributed by atoms with Crippen molar-refractivity contribution in [3.63, 3.8) is 0 Å². The highest BCUT2D eigenvalue weighted by molar-refractivity contribution is 5.99. The lowest BCUT2D eigenvalue weighted by Crippen LogP contribution is -2.43. The van der Waals surface area contributed by atoms with E-state index in [1.807, 2.05) is 0 Å². The zero-order chi connectivity index (χ0) is 19.1. The Morgan fingerprint density at radius 1 is 1.08 bits per heavy atom. The number of hydrogen-bond donors (Lipinski definition) is 2. The minimum Gasteiger partial charge on any atom is -0.480 e. The van der Waals surface area contributed by atoms with Gasteiger partial charge in [-0.1, -0.05) is 18.6 Å². The van der Waals surface area contributed by atoms with Gasteiger partial charge in [0.2, 0.25) is 0 Å². The molecule has 1 aromatic carbocycles. The fourth-order valence-corrected chi connectivity index (χ4v) is 2.88. The number of carboxylic acids is 1. The molecule has 0 aromatic heterocycles. The molecular formula is C19H23NO6. The van der Waals surface area contributed by atoms with Crippen LogP contribution >= 0.6 is 0 Å². The number of carbonyl (C=O) groups is 4. The van der Waals surface area contributed by atoms with Gasteiger partial charge >= 0.3 is 11.9 Å². The van der Waals surface area contributed by atoms with Crippen molar-refractivity contribution in [1.29, 1.82) is 0 Å². The molecule has 1 atom stereocenters. The van der Waals surface area contributed by atoms with Gasteiger partial charge in [-0.15, -0.1) is 0 Å². The normalized spacial score (nSPS) is 15.7. The van der Waals surface area contributed by atoms with Crippen LogP contribution in [0.5, 0.6) is 0 Å². The van der Waals surface area contributed by atoms with Gasteiger partial charge in [-0.3, -0.25) is 14.4 Å². The zero-order valence-electron chi connectivity index (χ0n) is 14.7. The highest BCUT2D eigenvalue weighted by atomic mass is 16.5. The van der Waals surface area contributed by atoms with Gasteiger partial charge in [0.15, 0.2) is 5.78 Å². The van der Waals surface area contributed by atoms with Crippen LogP contribution in [0.25, 0.3) is 0 Å². The third kappa shape index (κ3) is 5.68. The Morgan fingerprint density at radius 2 is 1.65 bits per heavy atom. The summed E-state index contributed by atoms with van der Waals surface area (Å²) < 4.78 is 5.31. The largest absolute Gasteiger partial charge is 0.480 e. The Kier molecular flexibility index (Phi) is 6.89. The van der Waals surface area contributed by atoms with E-state index in [0.29, 0.717) is 5.56 Å². The number of rotatable bonds is 7. The minimum absolute atomic E-state index is 0.133. The fourth-order valence-electron chi connectivity index (χ4n) is 2.88. The molecule has 26 heavy (non-hydrogen) atoms. The van der Waals surface area contributed by atoms with Crippen molar-refractivity contribution in [1.82, 2.24) is 5.32 Å². The highest BCUT2D eigenvalue weighted by Gasteiger charge is 2.26. The average molecular weight is 361 g/mol. The summed E-state index contributed by atoms with van der Waals surface area (Å²) in [5, 5.41) is 11.6. The summed E-state index contributed by atoms with van der Waals surface area (Å²) in [4.78, 5) is 46.8. The molecule has 0 unspecified atom stereocenters. The first-order valence-electron chi connectivity index (χ1n) is 8.71. The van der Waals surface area contributed by atoms with Crippen molar-refractivity contribution in [3.05, 3.63) is 35.4 Å². The van der Waals surface area contributed by atoms with Crippen LogP contribution in [0, 0.1) is 0 Å². The van der Waals surface area contributed by atoms with Gasteiger partial charge in [0, 0.05) is 11.1 Å². The molecule has 7 nitrogen and oxygen atoms in total. The molecule has 2 rings (SSSR count). The predicted molar refractivity (Wildman–Crippen MR) is 92.9 cm³/mol. The SMILES string of the molecule is CC(=O)c1ccc(C(=O)N[C@@H](CC(=O)OC2CCCCC2)C(=O)O)cc1. The van der Waals surface area contributed by atoms with Crippen LogP contribution in [0.3, 0.4) is 0 Å². The lowest BCUT2D eigenvalue weighted by molar-refractivity contribution is -0.154. The van der Waals surface area contributed by atoms with Crippen LogP contribution in [-0.4, -0.2) is 40.9 Å². The van der Waals surface area contributed by atoms with E-state index in [1.54, 1.807) is 0 Å². The van der Waals surface area contributed by atoms with E-state index in [-0.39, 0.29) is 17.5 Å². The second-order valence-electron chi connectivity index (χ2n) is 6.45. The molecule has 2 N–H and O–H groups in total. The van der Waals surface area contributed by atoms with Gasteiger partial charge in [0.25, 0.3) is 5.91 Å². The minimum atomic E-state index is -1.37. The van der Waals surface area contributed by atoms with Crippen molar-refractivity contribution in [2.45, 2.75) is 57.6 Å². The fraction of sp³-hybridized carbons (Fsp3) is 0.474.